The molecule has 0 aliphatic heterocycles. The molecule has 2 aromatic rings. The molecule has 2 rings (SSSR count). The van der Waals surface area contributed by atoms with Crippen molar-refractivity contribution in [3.63, 3.8) is 0 Å². The number of benzene rings is 2. The molecule has 0 heterocycles. The molecular formula is C16H9F10LiO3S. The van der Waals surface area contributed by atoms with Crippen molar-refractivity contribution in [1.82, 2.24) is 0 Å². The predicted molar refractivity (Wildman–Crippen MR) is 81.4 cm³/mol. The Morgan fingerprint density at radius 3 is 1.90 bits per heavy atom. The molecule has 0 unspecified atom stereocenters. The van der Waals surface area contributed by atoms with Crippen molar-refractivity contribution < 1.29 is 75.7 Å². The molecule has 0 saturated heterocycles. The minimum atomic E-state index is -7.11. The van der Waals surface area contributed by atoms with Crippen LogP contribution >= 0.6 is 0 Å². The van der Waals surface area contributed by atoms with Crippen LogP contribution in [0.5, 0.6) is 0 Å². The molecule has 0 fully saturated rings. The molecule has 0 aromatic heterocycles. The van der Waals surface area contributed by atoms with E-state index >= 15 is 0 Å². The van der Waals surface area contributed by atoms with Crippen LogP contribution < -0.4 is 18.9 Å². The fourth-order valence-electron chi connectivity index (χ4n) is 2.56. The van der Waals surface area contributed by atoms with Crippen LogP contribution in [-0.4, -0.2) is 43.1 Å². The van der Waals surface area contributed by atoms with Crippen LogP contribution in [0.15, 0.2) is 41.3 Å². The first kappa shape index (κ1) is 27.5. The molecule has 0 saturated carbocycles. The summed E-state index contributed by atoms with van der Waals surface area (Å²) in [6.45, 7) is 0. The molecule has 31 heavy (non-hydrogen) atoms. The van der Waals surface area contributed by atoms with Crippen molar-refractivity contribution in [3.8, 4) is 0 Å². The number of rotatable bonds is 7. The monoisotopic (exact) mass is 478 g/mol. The molecule has 0 aliphatic carbocycles. The summed E-state index contributed by atoms with van der Waals surface area (Å²) in [6, 6.07) is 4.78. The minimum absolute atomic E-state index is 0. The molecule has 0 aliphatic rings. The summed E-state index contributed by atoms with van der Waals surface area (Å²) in [7, 11) is -4.98. The Balaban J connectivity index is 0.00000480. The fraction of sp³-hybridized carbons (Fsp3) is 0.375. The van der Waals surface area contributed by atoms with Gasteiger partial charge in [0.15, 0.2) is 0 Å². The van der Waals surface area contributed by atoms with E-state index in [0.29, 0.717) is 12.1 Å². The van der Waals surface area contributed by atoms with E-state index in [1.807, 2.05) is 0 Å². The van der Waals surface area contributed by atoms with Gasteiger partial charge >= 0.3 is 49.0 Å². The second-order valence-corrected chi connectivity index (χ2v) is 7.59. The summed E-state index contributed by atoms with van der Waals surface area (Å²) < 4.78 is 165. The molecular weight excluding hydrogens is 469 g/mol. The smallest absolute Gasteiger partial charge is 0.744 e. The molecule has 0 amide bonds. The van der Waals surface area contributed by atoms with Gasteiger partial charge < -0.3 is 4.55 Å². The largest absolute Gasteiger partial charge is 1.00 e. The average Bonchev–Trinajstić information content (AvgIpc) is 2.59. The van der Waals surface area contributed by atoms with Crippen molar-refractivity contribution in [2.45, 2.75) is 41.4 Å². The summed E-state index contributed by atoms with van der Waals surface area (Å²) in [5, 5.41) is -0.627. The van der Waals surface area contributed by atoms with Gasteiger partial charge in [-0.3, -0.25) is 0 Å². The summed E-state index contributed by atoms with van der Waals surface area (Å²) in [4.78, 5) is -0.813. The number of halogens is 10. The SMILES string of the molecule is O=S(=O)([O-])c1ccc2c(CC(F)(F)C(F)(F)C(F)(F)C(F)(F)C(F)F)cccc2c1.[Li+]. The second kappa shape index (κ2) is 8.46. The molecule has 168 valence electrons. The molecule has 3 nitrogen and oxygen atoms in total. The number of hydrogen-bond acceptors (Lipinski definition) is 3. The van der Waals surface area contributed by atoms with Crippen LogP contribution in [0.25, 0.3) is 10.8 Å². The van der Waals surface area contributed by atoms with Crippen molar-refractivity contribution in [3.05, 3.63) is 42.0 Å². The van der Waals surface area contributed by atoms with E-state index in [1.54, 1.807) is 0 Å². The third kappa shape index (κ3) is 4.67. The first-order chi connectivity index (χ1) is 13.4. The Morgan fingerprint density at radius 1 is 0.871 bits per heavy atom. The zero-order valence-electron chi connectivity index (χ0n) is 15.2. The van der Waals surface area contributed by atoms with Crippen LogP contribution in [0, 0.1) is 0 Å². The maximum Gasteiger partial charge on any atom is 1.00 e. The molecule has 0 N–H and O–H groups in total. The van der Waals surface area contributed by atoms with E-state index in [9.17, 15) is 56.9 Å². The third-order valence-corrected chi connectivity index (χ3v) is 5.02. The second-order valence-electron chi connectivity index (χ2n) is 6.21. The third-order valence-electron chi connectivity index (χ3n) is 4.19. The van der Waals surface area contributed by atoms with Gasteiger partial charge in [-0.15, -0.1) is 0 Å². The quantitative estimate of drug-likeness (QED) is 0.348. The number of hydrogen-bond donors (Lipinski definition) is 0. The van der Waals surface area contributed by atoms with Gasteiger partial charge in [-0.1, -0.05) is 24.3 Å². The van der Waals surface area contributed by atoms with Crippen LogP contribution in [0.1, 0.15) is 5.56 Å². The van der Waals surface area contributed by atoms with Crippen molar-refractivity contribution in [2.75, 3.05) is 0 Å². The Hall–Kier alpha value is -1.49. The van der Waals surface area contributed by atoms with Crippen LogP contribution in [0.2, 0.25) is 0 Å². The summed E-state index contributed by atoms with van der Waals surface area (Å²) in [6.07, 6.45) is -7.63. The molecule has 0 atom stereocenters. The van der Waals surface area contributed by atoms with Gasteiger partial charge in [0.1, 0.15) is 10.1 Å². The van der Waals surface area contributed by atoms with Gasteiger partial charge in [0.2, 0.25) is 0 Å². The van der Waals surface area contributed by atoms with Crippen molar-refractivity contribution in [1.29, 1.82) is 0 Å². The first-order valence-electron chi connectivity index (χ1n) is 7.63. The van der Waals surface area contributed by atoms with Gasteiger partial charge in [-0.2, -0.15) is 35.1 Å². The van der Waals surface area contributed by atoms with Gasteiger partial charge in [0.25, 0.3) is 0 Å². The summed E-state index contributed by atoms with van der Waals surface area (Å²) in [5.41, 5.74) is -0.816. The van der Waals surface area contributed by atoms with Gasteiger partial charge in [0, 0.05) is 6.42 Å². The Kier molecular flexibility index (Phi) is 7.51. The van der Waals surface area contributed by atoms with E-state index in [0.717, 1.165) is 24.3 Å². The molecule has 0 spiro atoms. The van der Waals surface area contributed by atoms with E-state index < -0.39 is 57.1 Å². The van der Waals surface area contributed by atoms with Gasteiger partial charge in [0.05, 0.1) is 4.90 Å². The summed E-state index contributed by atoms with van der Waals surface area (Å²) in [5.74, 6) is -26.7. The van der Waals surface area contributed by atoms with Crippen LogP contribution in [-0.2, 0) is 16.5 Å². The standard InChI is InChI=1S/C16H10F10O3S.Li/c17-12(18)14(21,22)16(25,26)15(23,24)13(19,20)7-9-3-1-2-8-6-10(30(27,28)29)4-5-11(8)9;/h1-6,12H,7H2,(H,27,28,29);/q;+1/p-1. The molecule has 0 radical (unpaired) electrons. The van der Waals surface area contributed by atoms with Crippen molar-refractivity contribution >= 4 is 20.9 Å². The average molecular weight is 478 g/mol. The first-order valence-corrected chi connectivity index (χ1v) is 9.04. The topological polar surface area (TPSA) is 57.2 Å². The normalized spacial score (nSPS) is 14.1. The van der Waals surface area contributed by atoms with Gasteiger partial charge in [-0.25, -0.2) is 17.2 Å². The summed E-state index contributed by atoms with van der Waals surface area (Å²) >= 11 is 0. The van der Waals surface area contributed by atoms with E-state index in [4.69, 9.17) is 0 Å². The maximum absolute atomic E-state index is 14.0. The Labute approximate surface area is 180 Å². The predicted octanol–water partition coefficient (Wildman–Crippen LogP) is 2.10. The zero-order valence-corrected chi connectivity index (χ0v) is 16.0. The van der Waals surface area contributed by atoms with Crippen LogP contribution in [0.4, 0.5) is 43.9 Å². The minimum Gasteiger partial charge on any atom is -0.744 e. The molecule has 15 heteroatoms. The maximum atomic E-state index is 14.0. The Morgan fingerprint density at radius 2 is 1.42 bits per heavy atom. The zero-order chi connectivity index (χ0) is 23.3. The van der Waals surface area contributed by atoms with Crippen LogP contribution in [0.3, 0.4) is 0 Å². The van der Waals surface area contributed by atoms with Gasteiger partial charge in [-0.05, 0) is 28.5 Å². The molecule has 2 aromatic carbocycles. The fourth-order valence-corrected chi connectivity index (χ4v) is 3.07. The molecule has 0 bridgehead atoms. The van der Waals surface area contributed by atoms with E-state index in [-0.39, 0.29) is 29.6 Å². The number of fused-ring (bicyclic) bond motifs is 1. The number of alkyl halides is 10. The Bertz CT molecular complexity index is 1060. The van der Waals surface area contributed by atoms with E-state index in [2.05, 4.69) is 0 Å². The van der Waals surface area contributed by atoms with Crippen molar-refractivity contribution in [2.24, 2.45) is 0 Å². The van der Waals surface area contributed by atoms with E-state index in [1.165, 1.54) is 0 Å².